The zero-order chi connectivity index (χ0) is 18.1. The highest BCUT2D eigenvalue weighted by Gasteiger charge is 2.07. The number of rotatable bonds is 10. The largest absolute Gasteiger partial charge is 0.493 e. The molecule has 2 rings (SSSR count). The van der Waals surface area contributed by atoms with Crippen LogP contribution in [0.3, 0.4) is 0 Å². The minimum absolute atomic E-state index is 0.113. The summed E-state index contributed by atoms with van der Waals surface area (Å²) in [6, 6.07) is 8.86. The van der Waals surface area contributed by atoms with E-state index in [2.05, 4.69) is 20.5 Å². The minimum Gasteiger partial charge on any atom is -0.493 e. The fraction of sp³-hybridized carbons (Fsp3) is 0.500. The van der Waals surface area contributed by atoms with Gasteiger partial charge in [-0.1, -0.05) is 18.6 Å². The molecule has 0 bridgehead atoms. The summed E-state index contributed by atoms with van der Waals surface area (Å²) in [5.74, 6) is 2.63. The van der Waals surface area contributed by atoms with Gasteiger partial charge in [-0.05, 0) is 45.2 Å². The molecule has 5 heteroatoms. The summed E-state index contributed by atoms with van der Waals surface area (Å²) in [7, 11) is -0.113. The predicted molar refractivity (Wildman–Crippen MR) is 106 cm³/mol. The first kappa shape index (κ1) is 19.7. The molecule has 1 heterocycles. The molecular weight excluding hydrogens is 335 g/mol. The average molecular weight is 363 g/mol. The summed E-state index contributed by atoms with van der Waals surface area (Å²) < 4.78 is 16.6. The summed E-state index contributed by atoms with van der Waals surface area (Å²) in [6.07, 6.45) is 4.24. The molecule has 2 aromatic rings. The van der Waals surface area contributed by atoms with Gasteiger partial charge in [-0.3, -0.25) is 0 Å². The minimum atomic E-state index is -0.376. The average Bonchev–Trinajstić information content (AvgIpc) is 2.59. The van der Waals surface area contributed by atoms with Crippen molar-refractivity contribution in [3.63, 3.8) is 0 Å². The molecular formula is C20H28O4P+. The molecule has 136 valence electrons. The van der Waals surface area contributed by atoms with Crippen LogP contribution in [0, 0.1) is 0 Å². The Labute approximate surface area is 150 Å². The molecule has 0 saturated heterocycles. The van der Waals surface area contributed by atoms with Crippen molar-refractivity contribution in [2.75, 3.05) is 19.9 Å². The Balaban J connectivity index is 1.66. The van der Waals surface area contributed by atoms with Gasteiger partial charge in [0, 0.05) is 0 Å². The van der Waals surface area contributed by atoms with Crippen LogP contribution in [0.25, 0.3) is 11.0 Å². The van der Waals surface area contributed by atoms with Crippen LogP contribution in [0.15, 0.2) is 39.5 Å². The van der Waals surface area contributed by atoms with Gasteiger partial charge in [0.25, 0.3) is 0 Å². The van der Waals surface area contributed by atoms with E-state index >= 15 is 0 Å². The maximum atomic E-state index is 11.6. The van der Waals surface area contributed by atoms with E-state index in [1.165, 1.54) is 6.07 Å². The van der Waals surface area contributed by atoms with Gasteiger partial charge in [0.1, 0.15) is 24.5 Å². The Bertz CT molecular complexity index is 749. The zero-order valence-electron chi connectivity index (χ0n) is 15.4. The molecule has 0 fully saturated rings. The summed E-state index contributed by atoms with van der Waals surface area (Å²) in [5, 5.41) is 0.840. The predicted octanol–water partition coefficient (Wildman–Crippen LogP) is 5.03. The summed E-state index contributed by atoms with van der Waals surface area (Å²) in [5.41, 5.74) is 0.874. The van der Waals surface area contributed by atoms with Crippen LogP contribution in [0.1, 0.15) is 39.5 Å². The second-order valence-corrected chi connectivity index (χ2v) is 9.00. The molecule has 0 spiro atoms. The van der Waals surface area contributed by atoms with E-state index in [1.807, 2.05) is 24.2 Å². The molecule has 0 saturated carbocycles. The summed E-state index contributed by atoms with van der Waals surface area (Å²) >= 11 is 0. The first-order valence-corrected chi connectivity index (χ1v) is 10.8. The van der Waals surface area contributed by atoms with Crippen molar-refractivity contribution >= 4 is 24.5 Å². The van der Waals surface area contributed by atoms with Gasteiger partial charge in [0.2, 0.25) is 5.98 Å². The molecule has 0 N–H and O–H groups in total. The lowest BCUT2D eigenvalue weighted by molar-refractivity contribution is 0.291. The quantitative estimate of drug-likeness (QED) is 0.337. The van der Waals surface area contributed by atoms with Crippen LogP contribution in [0.5, 0.6) is 5.75 Å². The summed E-state index contributed by atoms with van der Waals surface area (Å²) in [6.45, 7) is 8.10. The first-order valence-electron chi connectivity index (χ1n) is 8.90. The molecule has 1 aromatic heterocycles. The van der Waals surface area contributed by atoms with E-state index in [0.29, 0.717) is 23.6 Å². The Morgan fingerprint density at radius 2 is 1.84 bits per heavy atom. The van der Waals surface area contributed by atoms with Crippen molar-refractivity contribution in [3.8, 4) is 5.75 Å². The molecule has 25 heavy (non-hydrogen) atoms. The third-order valence-electron chi connectivity index (χ3n) is 4.08. The van der Waals surface area contributed by atoms with Gasteiger partial charge in [-0.15, -0.1) is 0 Å². The molecule has 0 aliphatic heterocycles. The van der Waals surface area contributed by atoms with Crippen LogP contribution in [0.4, 0.5) is 0 Å². The molecule has 0 aliphatic carbocycles. The Morgan fingerprint density at radius 1 is 1.12 bits per heavy atom. The monoisotopic (exact) mass is 363 g/mol. The molecule has 0 amide bonds. The van der Waals surface area contributed by atoms with Gasteiger partial charge in [-0.25, -0.2) is 4.79 Å². The van der Waals surface area contributed by atoms with E-state index in [4.69, 9.17) is 13.9 Å². The third kappa shape index (κ3) is 6.64. The van der Waals surface area contributed by atoms with Gasteiger partial charge >= 0.3 is 5.63 Å². The lowest BCUT2D eigenvalue weighted by Gasteiger charge is -2.08. The highest BCUT2D eigenvalue weighted by molar-refractivity contribution is 7.56. The van der Waals surface area contributed by atoms with E-state index in [9.17, 15) is 4.79 Å². The Morgan fingerprint density at radius 3 is 2.60 bits per heavy atom. The Hall–Kier alpha value is -1.64. The molecule has 1 atom stereocenters. The second-order valence-electron chi connectivity index (χ2n) is 6.42. The standard InChI is InChI=1S/C20H28O4P/c1-16(2)25(3)15-22-12-8-4-5-9-13-23-19-14-20(21)24-18-11-7-6-10-17(18)19/h6-7,10-11,14-16H,4-5,8-9,12-13H2,1-3H3/q+1. The maximum absolute atomic E-state index is 11.6. The van der Waals surface area contributed by atoms with Gasteiger partial charge < -0.3 is 13.9 Å². The molecule has 0 radical (unpaired) electrons. The molecule has 1 unspecified atom stereocenters. The van der Waals surface area contributed by atoms with Crippen molar-refractivity contribution in [1.82, 2.24) is 0 Å². The first-order chi connectivity index (χ1) is 12.1. The number of fused-ring (bicyclic) bond motifs is 1. The topological polar surface area (TPSA) is 48.7 Å². The maximum Gasteiger partial charge on any atom is 0.339 e. The second kappa shape index (κ2) is 10.4. The van der Waals surface area contributed by atoms with E-state index in [-0.39, 0.29) is 13.2 Å². The smallest absolute Gasteiger partial charge is 0.339 e. The van der Waals surface area contributed by atoms with Crippen molar-refractivity contribution in [1.29, 1.82) is 0 Å². The molecule has 0 aliphatic rings. The molecule has 4 nitrogen and oxygen atoms in total. The van der Waals surface area contributed by atoms with Gasteiger partial charge in [0.15, 0.2) is 0 Å². The van der Waals surface area contributed by atoms with Crippen molar-refractivity contribution < 1.29 is 13.9 Å². The fourth-order valence-electron chi connectivity index (χ4n) is 2.32. The van der Waals surface area contributed by atoms with Crippen LogP contribution in [-0.2, 0) is 4.74 Å². The number of ether oxygens (including phenoxy) is 2. The van der Waals surface area contributed by atoms with Crippen molar-refractivity contribution in [2.45, 2.75) is 45.2 Å². The third-order valence-corrected chi connectivity index (χ3v) is 6.19. The number of para-hydroxylation sites is 1. The van der Waals surface area contributed by atoms with Crippen LogP contribution < -0.4 is 10.4 Å². The summed E-state index contributed by atoms with van der Waals surface area (Å²) in [4.78, 5) is 11.6. The normalized spacial score (nSPS) is 12.1. The van der Waals surface area contributed by atoms with Crippen LogP contribution in [0.2, 0.25) is 0 Å². The van der Waals surface area contributed by atoms with Crippen LogP contribution >= 0.6 is 7.55 Å². The lowest BCUT2D eigenvalue weighted by atomic mass is 10.2. The Kier molecular flexibility index (Phi) is 8.17. The number of unbranched alkanes of at least 4 members (excludes halogenated alkanes) is 3. The van der Waals surface area contributed by atoms with Crippen molar-refractivity contribution in [3.05, 3.63) is 40.8 Å². The van der Waals surface area contributed by atoms with Gasteiger partial charge in [-0.2, -0.15) is 0 Å². The van der Waals surface area contributed by atoms with Crippen LogP contribution in [-0.4, -0.2) is 31.5 Å². The fourth-order valence-corrected chi connectivity index (χ4v) is 2.90. The lowest BCUT2D eigenvalue weighted by Crippen LogP contribution is -2.03. The molecule has 1 aromatic carbocycles. The SMILES string of the molecule is CC(C)[P+](C)=COCCCCCCOc1cc(=O)oc2ccccc12. The number of hydrogen-bond acceptors (Lipinski definition) is 4. The number of benzene rings is 1. The van der Waals surface area contributed by atoms with E-state index in [0.717, 1.165) is 37.7 Å². The van der Waals surface area contributed by atoms with Gasteiger partial charge in [0.05, 0.1) is 31.3 Å². The van der Waals surface area contributed by atoms with E-state index < -0.39 is 0 Å². The van der Waals surface area contributed by atoms with Crippen molar-refractivity contribution in [2.24, 2.45) is 0 Å². The zero-order valence-corrected chi connectivity index (χ0v) is 16.3. The number of hydrogen-bond donors (Lipinski definition) is 0. The highest BCUT2D eigenvalue weighted by Crippen LogP contribution is 2.24. The highest BCUT2D eigenvalue weighted by atomic mass is 31.1. The van der Waals surface area contributed by atoms with E-state index in [1.54, 1.807) is 6.07 Å².